The molecule has 136 valence electrons. The van der Waals surface area contributed by atoms with Crippen molar-refractivity contribution in [1.29, 1.82) is 0 Å². The van der Waals surface area contributed by atoms with E-state index in [0.717, 1.165) is 5.69 Å². The third-order valence-electron chi connectivity index (χ3n) is 3.76. The highest BCUT2D eigenvalue weighted by atomic mass is 16.5. The van der Waals surface area contributed by atoms with Gasteiger partial charge in [0, 0.05) is 29.2 Å². The summed E-state index contributed by atoms with van der Waals surface area (Å²) in [5, 5.41) is 5.78. The van der Waals surface area contributed by atoms with Crippen LogP contribution in [0, 0.1) is 0 Å². The van der Waals surface area contributed by atoms with Gasteiger partial charge < -0.3 is 15.4 Å². The van der Waals surface area contributed by atoms with Crippen LogP contribution >= 0.6 is 0 Å². The van der Waals surface area contributed by atoms with E-state index in [0.29, 0.717) is 22.9 Å². The van der Waals surface area contributed by atoms with Gasteiger partial charge in [-0.3, -0.25) is 9.59 Å². The molecule has 0 atom stereocenters. The number of benzene rings is 2. The highest BCUT2D eigenvalue weighted by Crippen LogP contribution is 2.19. The van der Waals surface area contributed by atoms with Crippen molar-refractivity contribution in [2.75, 3.05) is 17.7 Å². The first-order valence-electron chi connectivity index (χ1n) is 8.21. The molecule has 2 aromatic carbocycles. The number of methoxy groups -OCH3 is 1. The van der Waals surface area contributed by atoms with Crippen LogP contribution in [-0.2, 0) is 0 Å². The summed E-state index contributed by atoms with van der Waals surface area (Å²) in [7, 11) is 1.59. The minimum Gasteiger partial charge on any atom is -0.497 e. The molecule has 0 unspecified atom stereocenters. The first kappa shape index (κ1) is 18.1. The summed E-state index contributed by atoms with van der Waals surface area (Å²) in [6.45, 7) is 1.49. The number of rotatable bonds is 6. The Morgan fingerprint density at radius 2 is 1.78 bits per heavy atom. The molecule has 0 fully saturated rings. The molecule has 1 heterocycles. The fourth-order valence-corrected chi connectivity index (χ4v) is 2.36. The van der Waals surface area contributed by atoms with Gasteiger partial charge in [0.15, 0.2) is 5.78 Å². The zero-order chi connectivity index (χ0) is 19.2. The fourth-order valence-electron chi connectivity index (χ4n) is 2.36. The van der Waals surface area contributed by atoms with Crippen LogP contribution in [0.25, 0.3) is 0 Å². The van der Waals surface area contributed by atoms with Crippen molar-refractivity contribution in [3.8, 4) is 5.75 Å². The van der Waals surface area contributed by atoms with E-state index in [1.165, 1.54) is 19.2 Å². The maximum absolute atomic E-state index is 12.4. The predicted molar refractivity (Wildman–Crippen MR) is 103 cm³/mol. The number of anilines is 3. The molecule has 0 saturated heterocycles. The van der Waals surface area contributed by atoms with E-state index < -0.39 is 0 Å². The number of nitrogens with one attached hydrogen (secondary N) is 2. The normalized spacial score (nSPS) is 10.1. The SMILES string of the molecule is COc1cccc(Nc2nccc(C(=O)Nc3ccc(C(C)=O)cc3)n2)c1. The van der Waals surface area contributed by atoms with Gasteiger partial charge in [-0.25, -0.2) is 9.97 Å². The highest BCUT2D eigenvalue weighted by Gasteiger charge is 2.10. The monoisotopic (exact) mass is 362 g/mol. The number of aromatic nitrogens is 2. The summed E-state index contributed by atoms with van der Waals surface area (Å²) in [5.74, 6) is 0.587. The molecule has 0 radical (unpaired) electrons. The van der Waals surface area contributed by atoms with E-state index >= 15 is 0 Å². The van der Waals surface area contributed by atoms with Crippen molar-refractivity contribution < 1.29 is 14.3 Å². The van der Waals surface area contributed by atoms with Crippen molar-refractivity contribution in [1.82, 2.24) is 9.97 Å². The average Bonchev–Trinajstić information content (AvgIpc) is 2.68. The molecule has 0 aliphatic carbocycles. The van der Waals surface area contributed by atoms with Crippen LogP contribution in [0.3, 0.4) is 0 Å². The van der Waals surface area contributed by atoms with Crippen LogP contribution in [0.15, 0.2) is 60.8 Å². The van der Waals surface area contributed by atoms with Gasteiger partial charge in [-0.15, -0.1) is 0 Å². The van der Waals surface area contributed by atoms with Gasteiger partial charge in [-0.1, -0.05) is 6.07 Å². The Morgan fingerprint density at radius 3 is 2.48 bits per heavy atom. The van der Waals surface area contributed by atoms with Crippen molar-refractivity contribution in [3.63, 3.8) is 0 Å². The number of amides is 1. The molecule has 0 aliphatic heterocycles. The lowest BCUT2D eigenvalue weighted by Crippen LogP contribution is -2.14. The van der Waals surface area contributed by atoms with Crippen molar-refractivity contribution in [2.24, 2.45) is 0 Å². The lowest BCUT2D eigenvalue weighted by Gasteiger charge is -2.08. The van der Waals surface area contributed by atoms with Crippen LogP contribution in [0.4, 0.5) is 17.3 Å². The topological polar surface area (TPSA) is 93.2 Å². The molecule has 0 saturated carbocycles. The Kier molecular flexibility index (Phi) is 5.41. The molecule has 3 rings (SSSR count). The number of carbonyl (C=O) groups is 2. The second-order valence-electron chi connectivity index (χ2n) is 5.71. The Balaban J connectivity index is 1.72. The maximum Gasteiger partial charge on any atom is 0.274 e. The first-order chi connectivity index (χ1) is 13.0. The zero-order valence-corrected chi connectivity index (χ0v) is 14.9. The number of ketones is 1. The third kappa shape index (κ3) is 4.66. The summed E-state index contributed by atoms with van der Waals surface area (Å²) in [4.78, 5) is 32.1. The lowest BCUT2D eigenvalue weighted by atomic mass is 10.1. The molecule has 2 N–H and O–H groups in total. The van der Waals surface area contributed by atoms with E-state index in [1.807, 2.05) is 18.2 Å². The second-order valence-corrected chi connectivity index (χ2v) is 5.71. The average molecular weight is 362 g/mol. The molecule has 7 heteroatoms. The predicted octanol–water partition coefficient (Wildman–Crippen LogP) is 3.68. The second kappa shape index (κ2) is 8.09. The highest BCUT2D eigenvalue weighted by molar-refractivity contribution is 6.03. The smallest absolute Gasteiger partial charge is 0.274 e. The van der Waals surface area contributed by atoms with Gasteiger partial charge in [0.25, 0.3) is 5.91 Å². The Bertz CT molecular complexity index is 971. The Labute approximate surface area is 156 Å². The molecular weight excluding hydrogens is 344 g/mol. The van der Waals surface area contributed by atoms with Crippen molar-refractivity contribution >= 4 is 29.0 Å². The molecular formula is C20H18N4O3. The molecule has 1 amide bonds. The van der Waals surface area contributed by atoms with Crippen molar-refractivity contribution in [3.05, 3.63) is 72.1 Å². The Morgan fingerprint density at radius 1 is 1.00 bits per heavy atom. The van der Waals surface area contributed by atoms with Crippen LogP contribution in [-0.4, -0.2) is 28.8 Å². The minimum atomic E-state index is -0.373. The zero-order valence-electron chi connectivity index (χ0n) is 14.9. The fraction of sp³-hybridized carbons (Fsp3) is 0.100. The maximum atomic E-state index is 12.4. The van der Waals surface area contributed by atoms with E-state index in [9.17, 15) is 9.59 Å². The number of hydrogen-bond donors (Lipinski definition) is 2. The largest absolute Gasteiger partial charge is 0.497 e. The van der Waals surface area contributed by atoms with Crippen LogP contribution < -0.4 is 15.4 Å². The summed E-state index contributed by atoms with van der Waals surface area (Å²) in [6, 6.07) is 15.5. The van der Waals surface area contributed by atoms with Gasteiger partial charge in [-0.2, -0.15) is 0 Å². The standard InChI is InChI=1S/C20H18N4O3/c1-13(25)14-6-8-15(9-7-14)22-19(26)18-10-11-21-20(24-18)23-16-4-3-5-17(12-16)27-2/h3-12H,1-2H3,(H,22,26)(H,21,23,24). The quantitative estimate of drug-likeness (QED) is 0.650. The van der Waals surface area contributed by atoms with Gasteiger partial charge in [0.05, 0.1) is 7.11 Å². The van der Waals surface area contributed by atoms with Crippen LogP contribution in [0.2, 0.25) is 0 Å². The molecule has 27 heavy (non-hydrogen) atoms. The van der Waals surface area contributed by atoms with E-state index in [4.69, 9.17) is 4.74 Å². The summed E-state index contributed by atoms with van der Waals surface area (Å²) < 4.78 is 5.18. The first-order valence-corrected chi connectivity index (χ1v) is 8.21. The van der Waals surface area contributed by atoms with Gasteiger partial charge in [0.2, 0.25) is 5.95 Å². The number of ether oxygens (including phenoxy) is 1. The van der Waals surface area contributed by atoms with Crippen LogP contribution in [0.5, 0.6) is 5.75 Å². The summed E-state index contributed by atoms with van der Waals surface area (Å²) in [5.41, 5.74) is 2.11. The van der Waals surface area contributed by atoms with E-state index in [2.05, 4.69) is 20.6 Å². The van der Waals surface area contributed by atoms with Gasteiger partial charge >= 0.3 is 0 Å². The number of hydrogen-bond acceptors (Lipinski definition) is 6. The summed E-state index contributed by atoms with van der Waals surface area (Å²) in [6.07, 6.45) is 1.50. The van der Waals surface area contributed by atoms with Crippen LogP contribution in [0.1, 0.15) is 27.8 Å². The molecule has 3 aromatic rings. The number of Topliss-reactive ketones (excluding diaryl/α,β-unsaturated/α-hetero) is 1. The third-order valence-corrected chi connectivity index (χ3v) is 3.76. The van der Waals surface area contributed by atoms with Gasteiger partial charge in [-0.05, 0) is 49.4 Å². The van der Waals surface area contributed by atoms with Gasteiger partial charge in [0.1, 0.15) is 11.4 Å². The van der Waals surface area contributed by atoms with E-state index in [1.54, 1.807) is 37.4 Å². The molecule has 0 spiro atoms. The van der Waals surface area contributed by atoms with Crippen molar-refractivity contribution in [2.45, 2.75) is 6.92 Å². The summed E-state index contributed by atoms with van der Waals surface area (Å²) >= 11 is 0. The lowest BCUT2D eigenvalue weighted by molar-refractivity contribution is 0.101. The number of nitrogens with zero attached hydrogens (tertiary/aromatic N) is 2. The molecule has 0 aliphatic rings. The molecule has 1 aromatic heterocycles. The number of carbonyl (C=O) groups excluding carboxylic acids is 2. The minimum absolute atomic E-state index is 0.0306. The molecule has 7 nitrogen and oxygen atoms in total. The van der Waals surface area contributed by atoms with E-state index in [-0.39, 0.29) is 17.4 Å². The molecule has 0 bridgehead atoms. The Hall–Kier alpha value is -3.74.